The number of thioether (sulfide) groups is 1. The van der Waals surface area contributed by atoms with Gasteiger partial charge in [0.25, 0.3) is 0 Å². The molecular formula is C12H21ClN2S+2. The Balaban J connectivity index is 2.01. The number of unbranched alkanes of at least 4 members (excludes halogenated alkanes) is 1. The van der Waals surface area contributed by atoms with Crippen LogP contribution < -0.4 is 11.1 Å². The van der Waals surface area contributed by atoms with Crippen LogP contribution in [0.5, 0.6) is 0 Å². The summed E-state index contributed by atoms with van der Waals surface area (Å²) in [7, 11) is 0. The summed E-state index contributed by atoms with van der Waals surface area (Å²) in [6, 6.07) is 8.07. The molecule has 2 nitrogen and oxygen atoms in total. The second kappa shape index (κ2) is 8.88. The van der Waals surface area contributed by atoms with Gasteiger partial charge in [-0.05, 0) is 42.9 Å². The van der Waals surface area contributed by atoms with Crippen LogP contribution in [-0.4, -0.2) is 25.4 Å². The average molecular weight is 261 g/mol. The van der Waals surface area contributed by atoms with E-state index in [4.69, 9.17) is 11.6 Å². The Bertz CT molecular complexity index is 277. The van der Waals surface area contributed by atoms with Crippen molar-refractivity contribution in [3.8, 4) is 0 Å². The highest BCUT2D eigenvalue weighted by molar-refractivity contribution is 7.99. The molecule has 0 unspecified atom stereocenters. The average Bonchev–Trinajstić information content (AvgIpc) is 2.30. The maximum atomic E-state index is 5.83. The molecule has 16 heavy (non-hydrogen) atoms. The van der Waals surface area contributed by atoms with Crippen LogP contribution in [-0.2, 0) is 0 Å². The number of halogens is 1. The third-order valence-corrected chi connectivity index (χ3v) is 3.64. The van der Waals surface area contributed by atoms with Gasteiger partial charge in [0.15, 0.2) is 0 Å². The summed E-state index contributed by atoms with van der Waals surface area (Å²) < 4.78 is 0. The van der Waals surface area contributed by atoms with Crippen molar-refractivity contribution in [2.24, 2.45) is 0 Å². The maximum Gasteiger partial charge on any atom is 0.125 e. The number of hydrogen-bond acceptors (Lipinski definition) is 1. The summed E-state index contributed by atoms with van der Waals surface area (Å²) in [5.41, 5.74) is 3.82. The molecule has 0 bridgehead atoms. The van der Waals surface area contributed by atoms with Crippen LogP contribution in [0.1, 0.15) is 12.8 Å². The van der Waals surface area contributed by atoms with E-state index < -0.39 is 0 Å². The maximum absolute atomic E-state index is 5.83. The minimum atomic E-state index is 0.812. The van der Waals surface area contributed by atoms with E-state index in [1.165, 1.54) is 30.0 Å². The fourth-order valence-corrected chi connectivity index (χ4v) is 2.44. The van der Waals surface area contributed by atoms with Gasteiger partial charge in [0.05, 0.1) is 6.54 Å². The smallest absolute Gasteiger partial charge is 0.125 e. The van der Waals surface area contributed by atoms with Crippen molar-refractivity contribution >= 4 is 23.4 Å². The third kappa shape index (κ3) is 6.38. The number of nitrogens with two attached hydrogens (primary N) is 1. The Morgan fingerprint density at radius 2 is 1.88 bits per heavy atom. The predicted molar refractivity (Wildman–Crippen MR) is 70.8 cm³/mol. The molecule has 0 radical (unpaired) electrons. The summed E-state index contributed by atoms with van der Waals surface area (Å²) in [5, 5.41) is 3.16. The molecule has 4 heteroatoms. The Morgan fingerprint density at radius 1 is 1.12 bits per heavy atom. The highest BCUT2D eigenvalue weighted by atomic mass is 35.5. The van der Waals surface area contributed by atoms with Crippen LogP contribution in [0.4, 0.5) is 0 Å². The largest absolute Gasteiger partial charge is 0.353 e. The molecule has 90 valence electrons. The number of rotatable bonds is 8. The van der Waals surface area contributed by atoms with Crippen LogP contribution >= 0.6 is 23.4 Å². The van der Waals surface area contributed by atoms with E-state index in [-0.39, 0.29) is 0 Å². The molecular weight excluding hydrogens is 240 g/mol. The van der Waals surface area contributed by atoms with Crippen LogP contribution in [0.25, 0.3) is 0 Å². The van der Waals surface area contributed by atoms with Crippen molar-refractivity contribution in [2.75, 3.05) is 25.4 Å². The lowest BCUT2D eigenvalue weighted by Crippen LogP contribution is -2.87. The second-order valence-electron chi connectivity index (χ2n) is 3.73. The molecule has 1 aromatic rings. The lowest BCUT2D eigenvalue weighted by molar-refractivity contribution is -0.670. The molecule has 1 aromatic carbocycles. The lowest BCUT2D eigenvalue weighted by atomic mass is 10.3. The van der Waals surface area contributed by atoms with E-state index in [0.717, 1.165) is 18.1 Å². The quantitative estimate of drug-likeness (QED) is 0.532. The summed E-state index contributed by atoms with van der Waals surface area (Å²) in [6.45, 7) is 3.42. The molecule has 0 atom stereocenters. The van der Waals surface area contributed by atoms with Crippen LogP contribution in [0.3, 0.4) is 0 Å². The predicted octanol–water partition coefficient (Wildman–Crippen LogP) is 1.02. The molecule has 5 N–H and O–H groups in total. The van der Waals surface area contributed by atoms with E-state index in [9.17, 15) is 0 Å². The standard InChI is InChI=1S/C12H19ClN2S/c13-11-3-5-12(6-4-11)16-10-2-1-8-15-9-7-14/h3-6,15H,1-2,7-10,14H2/p+2. The fraction of sp³-hybridized carbons (Fsp3) is 0.500. The van der Waals surface area contributed by atoms with E-state index in [1.54, 1.807) is 0 Å². The van der Waals surface area contributed by atoms with Gasteiger partial charge in [-0.1, -0.05) is 11.6 Å². The first kappa shape index (κ1) is 13.8. The molecule has 0 fully saturated rings. The molecule has 0 saturated heterocycles. The van der Waals surface area contributed by atoms with Gasteiger partial charge in [0.2, 0.25) is 0 Å². The van der Waals surface area contributed by atoms with Crippen molar-refractivity contribution in [3.63, 3.8) is 0 Å². The monoisotopic (exact) mass is 260 g/mol. The van der Waals surface area contributed by atoms with E-state index in [2.05, 4.69) is 23.2 Å². The van der Waals surface area contributed by atoms with Crippen molar-refractivity contribution in [2.45, 2.75) is 17.7 Å². The van der Waals surface area contributed by atoms with Crippen LogP contribution in [0, 0.1) is 0 Å². The van der Waals surface area contributed by atoms with Crippen LogP contribution in [0.15, 0.2) is 29.2 Å². The van der Waals surface area contributed by atoms with Crippen molar-refractivity contribution in [1.82, 2.24) is 0 Å². The zero-order valence-electron chi connectivity index (χ0n) is 9.62. The molecule has 0 saturated carbocycles. The Hall–Kier alpha value is -0.220. The van der Waals surface area contributed by atoms with Gasteiger partial charge in [-0.2, -0.15) is 0 Å². The van der Waals surface area contributed by atoms with Crippen molar-refractivity contribution < 1.29 is 11.1 Å². The molecule has 0 amide bonds. The summed E-state index contributed by atoms with van der Waals surface area (Å²) in [6.07, 6.45) is 2.57. The number of quaternary nitrogens is 2. The van der Waals surface area contributed by atoms with E-state index in [0.29, 0.717) is 0 Å². The van der Waals surface area contributed by atoms with E-state index >= 15 is 0 Å². The lowest BCUT2D eigenvalue weighted by Gasteiger charge is -2.01. The molecule has 0 aliphatic rings. The molecule has 0 aliphatic heterocycles. The normalized spacial score (nSPS) is 10.6. The SMILES string of the molecule is [NH3+]CC[NH2+]CCCCSc1ccc(Cl)cc1. The van der Waals surface area contributed by atoms with Gasteiger partial charge in [0, 0.05) is 9.92 Å². The summed E-state index contributed by atoms with van der Waals surface area (Å²) >= 11 is 7.73. The van der Waals surface area contributed by atoms with Gasteiger partial charge < -0.3 is 11.1 Å². The fourth-order valence-electron chi connectivity index (χ4n) is 1.40. The molecule has 0 heterocycles. The first-order chi connectivity index (χ1) is 7.83. The second-order valence-corrected chi connectivity index (χ2v) is 5.33. The Morgan fingerprint density at radius 3 is 2.56 bits per heavy atom. The highest BCUT2D eigenvalue weighted by Gasteiger charge is 1.95. The Kier molecular flexibility index (Phi) is 7.68. The summed E-state index contributed by atoms with van der Waals surface area (Å²) in [4.78, 5) is 1.31. The van der Waals surface area contributed by atoms with E-state index in [1.807, 2.05) is 23.9 Å². The number of hydrogen-bond donors (Lipinski definition) is 2. The first-order valence-electron chi connectivity index (χ1n) is 5.82. The number of benzene rings is 1. The van der Waals surface area contributed by atoms with Gasteiger partial charge in [-0.25, -0.2) is 0 Å². The zero-order chi connectivity index (χ0) is 11.6. The molecule has 1 rings (SSSR count). The first-order valence-corrected chi connectivity index (χ1v) is 7.18. The minimum Gasteiger partial charge on any atom is -0.353 e. The van der Waals surface area contributed by atoms with Crippen LogP contribution in [0.2, 0.25) is 5.02 Å². The van der Waals surface area contributed by atoms with Gasteiger partial charge >= 0.3 is 0 Å². The zero-order valence-corrected chi connectivity index (χ0v) is 11.2. The molecule has 0 aromatic heterocycles. The third-order valence-electron chi connectivity index (χ3n) is 2.29. The van der Waals surface area contributed by atoms with Gasteiger partial charge in [0.1, 0.15) is 13.1 Å². The van der Waals surface area contributed by atoms with Crippen molar-refractivity contribution in [1.29, 1.82) is 0 Å². The molecule has 0 aliphatic carbocycles. The highest BCUT2D eigenvalue weighted by Crippen LogP contribution is 2.21. The Labute approximate surface area is 107 Å². The van der Waals surface area contributed by atoms with Gasteiger partial charge in [-0.3, -0.25) is 0 Å². The van der Waals surface area contributed by atoms with Gasteiger partial charge in [-0.15, -0.1) is 11.8 Å². The summed E-state index contributed by atoms with van der Waals surface area (Å²) in [5.74, 6) is 1.19. The topological polar surface area (TPSA) is 44.2 Å². The van der Waals surface area contributed by atoms with Crippen molar-refractivity contribution in [3.05, 3.63) is 29.3 Å². The molecule has 0 spiro atoms. The minimum absolute atomic E-state index is 0.812.